The maximum Gasteiger partial charge on any atom is 0.433 e. The van der Waals surface area contributed by atoms with Gasteiger partial charge in [-0.25, -0.2) is 17.6 Å². The second-order valence-corrected chi connectivity index (χ2v) is 4.58. The van der Waals surface area contributed by atoms with Crippen molar-refractivity contribution in [2.24, 2.45) is 0 Å². The third kappa shape index (κ3) is 3.52. The standard InChI is InChI=1S/C9H3ClF14/c10-2(1-11)6(16,9(22,23)24)7(17,18)3(12)5(14,15)4(13)8(19,20)21/h1,3-4H. The van der Waals surface area contributed by atoms with Crippen LogP contribution in [0.5, 0.6) is 0 Å². The minimum absolute atomic E-state index is 1.70. The van der Waals surface area contributed by atoms with E-state index in [1.807, 2.05) is 0 Å². The molecule has 0 aliphatic rings. The molecule has 15 heteroatoms. The summed E-state index contributed by atoms with van der Waals surface area (Å²) in [5.41, 5.74) is -6.69. The van der Waals surface area contributed by atoms with Crippen molar-refractivity contribution in [2.75, 3.05) is 0 Å². The highest BCUT2D eigenvalue weighted by Crippen LogP contribution is 2.56. The first kappa shape index (κ1) is 23.1. The number of rotatable bonds is 5. The SMILES string of the molecule is FC=C(Cl)C(F)(C(F)(F)F)C(F)(F)C(F)C(F)(F)C(F)C(F)(F)F. The maximum atomic E-state index is 13.5. The molecule has 0 aromatic heterocycles. The lowest BCUT2D eigenvalue weighted by atomic mass is 9.88. The average Bonchev–Trinajstić information content (AvgIpc) is 2.40. The van der Waals surface area contributed by atoms with Crippen LogP contribution in [-0.2, 0) is 0 Å². The summed E-state index contributed by atoms with van der Waals surface area (Å²) in [6.07, 6.45) is -27.2. The predicted molar refractivity (Wildman–Crippen MR) is 50.7 cm³/mol. The Bertz CT molecular complexity index is 476. The van der Waals surface area contributed by atoms with Gasteiger partial charge in [-0.1, -0.05) is 11.6 Å². The van der Waals surface area contributed by atoms with Crippen molar-refractivity contribution in [3.63, 3.8) is 0 Å². The van der Waals surface area contributed by atoms with Gasteiger partial charge in [0.15, 0.2) is 0 Å². The molecule has 144 valence electrons. The first-order chi connectivity index (χ1) is 10.3. The fourth-order valence-corrected chi connectivity index (χ4v) is 1.55. The van der Waals surface area contributed by atoms with E-state index in [1.54, 1.807) is 0 Å². The third-order valence-electron chi connectivity index (χ3n) is 2.56. The summed E-state index contributed by atoms with van der Waals surface area (Å²) in [5.74, 6) is -14.0. The van der Waals surface area contributed by atoms with Crippen LogP contribution >= 0.6 is 11.6 Å². The zero-order chi connectivity index (χ0) is 19.9. The topological polar surface area (TPSA) is 0 Å². The minimum atomic E-state index is -7.13. The molecule has 0 nitrogen and oxygen atoms in total. The molecule has 0 N–H and O–H groups in total. The number of allylic oxidation sites excluding steroid dienone is 1. The molecule has 0 bridgehead atoms. The van der Waals surface area contributed by atoms with E-state index >= 15 is 0 Å². The molecular weight excluding hydrogens is 410 g/mol. The molecule has 0 aromatic carbocycles. The Morgan fingerprint density at radius 3 is 1.38 bits per heavy atom. The molecule has 24 heavy (non-hydrogen) atoms. The van der Waals surface area contributed by atoms with Crippen molar-refractivity contribution in [2.45, 2.75) is 42.2 Å². The largest absolute Gasteiger partial charge is 0.433 e. The van der Waals surface area contributed by atoms with E-state index in [0.717, 1.165) is 0 Å². The van der Waals surface area contributed by atoms with Gasteiger partial charge in [0.05, 0.1) is 5.03 Å². The lowest BCUT2D eigenvalue weighted by Crippen LogP contribution is -2.65. The van der Waals surface area contributed by atoms with Gasteiger partial charge in [-0.3, -0.25) is 0 Å². The van der Waals surface area contributed by atoms with Crippen molar-refractivity contribution in [1.29, 1.82) is 0 Å². The van der Waals surface area contributed by atoms with Gasteiger partial charge in [-0.2, -0.15) is 43.9 Å². The fourth-order valence-electron chi connectivity index (χ4n) is 1.32. The summed E-state index contributed by atoms with van der Waals surface area (Å²) in [5, 5.41) is -3.19. The summed E-state index contributed by atoms with van der Waals surface area (Å²) < 4.78 is 176. The Balaban J connectivity index is 6.29. The van der Waals surface area contributed by atoms with Gasteiger partial charge >= 0.3 is 29.9 Å². The highest BCUT2D eigenvalue weighted by atomic mass is 35.5. The van der Waals surface area contributed by atoms with Gasteiger partial charge < -0.3 is 0 Å². The highest BCUT2D eigenvalue weighted by molar-refractivity contribution is 6.30. The Hall–Kier alpha value is -0.950. The summed E-state index contributed by atoms with van der Waals surface area (Å²) in [6, 6.07) is 0. The predicted octanol–water partition coefficient (Wildman–Crippen LogP) is 5.82. The van der Waals surface area contributed by atoms with Crippen LogP contribution in [0.4, 0.5) is 61.5 Å². The highest BCUT2D eigenvalue weighted by Gasteiger charge is 2.81. The number of hydrogen-bond acceptors (Lipinski definition) is 0. The molecule has 0 radical (unpaired) electrons. The second kappa shape index (κ2) is 6.41. The minimum Gasteiger partial charge on any atom is -0.234 e. The maximum absolute atomic E-state index is 13.5. The molecular formula is C9H3ClF14. The molecule has 0 saturated heterocycles. The van der Waals surface area contributed by atoms with Crippen LogP contribution in [0.15, 0.2) is 11.4 Å². The van der Waals surface area contributed by atoms with Crippen LogP contribution in [0.1, 0.15) is 0 Å². The van der Waals surface area contributed by atoms with Crippen LogP contribution in [0.25, 0.3) is 0 Å². The van der Waals surface area contributed by atoms with E-state index in [4.69, 9.17) is 0 Å². The fraction of sp³-hybridized carbons (Fsp3) is 0.778. The Labute approximate surface area is 128 Å². The molecule has 0 rings (SSSR count). The first-order valence-corrected chi connectivity index (χ1v) is 5.49. The number of hydrogen-bond donors (Lipinski definition) is 0. The van der Waals surface area contributed by atoms with Crippen molar-refractivity contribution in [3.8, 4) is 0 Å². The summed E-state index contributed by atoms with van der Waals surface area (Å²) in [6.45, 7) is 0. The van der Waals surface area contributed by atoms with E-state index < -0.39 is 53.6 Å². The molecule has 0 spiro atoms. The zero-order valence-electron chi connectivity index (χ0n) is 10.4. The normalized spacial score (nSPS) is 20.5. The molecule has 0 fully saturated rings. The lowest BCUT2D eigenvalue weighted by molar-refractivity contribution is -0.334. The van der Waals surface area contributed by atoms with Crippen molar-refractivity contribution < 1.29 is 61.5 Å². The lowest BCUT2D eigenvalue weighted by Gasteiger charge is -2.38. The monoisotopic (exact) mass is 412 g/mol. The van der Waals surface area contributed by atoms with Crippen LogP contribution in [0.3, 0.4) is 0 Å². The van der Waals surface area contributed by atoms with Crippen LogP contribution < -0.4 is 0 Å². The van der Waals surface area contributed by atoms with E-state index in [1.165, 1.54) is 0 Å². The molecule has 0 aliphatic heterocycles. The van der Waals surface area contributed by atoms with Crippen molar-refractivity contribution in [3.05, 3.63) is 11.4 Å². The average molecular weight is 413 g/mol. The second-order valence-electron chi connectivity index (χ2n) is 4.18. The van der Waals surface area contributed by atoms with E-state index in [9.17, 15) is 61.5 Å². The molecule has 0 aliphatic carbocycles. The van der Waals surface area contributed by atoms with Gasteiger partial charge in [0, 0.05) is 0 Å². The summed E-state index contributed by atoms with van der Waals surface area (Å²) in [7, 11) is 0. The number of alkyl halides is 13. The smallest absolute Gasteiger partial charge is 0.234 e. The quantitative estimate of drug-likeness (QED) is 0.500. The zero-order valence-corrected chi connectivity index (χ0v) is 11.2. The molecule has 0 amide bonds. The van der Waals surface area contributed by atoms with Gasteiger partial charge in [0.2, 0.25) is 6.17 Å². The third-order valence-corrected chi connectivity index (χ3v) is 2.90. The van der Waals surface area contributed by atoms with E-state index in [2.05, 4.69) is 11.6 Å². The van der Waals surface area contributed by atoms with Crippen LogP contribution in [0.2, 0.25) is 0 Å². The first-order valence-electron chi connectivity index (χ1n) is 5.12. The van der Waals surface area contributed by atoms with Crippen LogP contribution in [0, 0.1) is 0 Å². The van der Waals surface area contributed by atoms with Crippen molar-refractivity contribution >= 4 is 11.6 Å². The van der Waals surface area contributed by atoms with Gasteiger partial charge in [-0.05, 0) is 0 Å². The molecule has 3 atom stereocenters. The Kier molecular flexibility index (Phi) is 6.15. The van der Waals surface area contributed by atoms with E-state index in [-0.39, 0.29) is 0 Å². The Morgan fingerprint density at radius 1 is 0.750 bits per heavy atom. The molecule has 0 aromatic rings. The summed E-state index contributed by atoms with van der Waals surface area (Å²) in [4.78, 5) is 0. The molecule has 0 saturated carbocycles. The molecule has 3 unspecified atom stereocenters. The van der Waals surface area contributed by atoms with Crippen molar-refractivity contribution in [1.82, 2.24) is 0 Å². The van der Waals surface area contributed by atoms with Gasteiger partial charge in [-0.15, -0.1) is 0 Å². The van der Waals surface area contributed by atoms with E-state index in [0.29, 0.717) is 0 Å². The van der Waals surface area contributed by atoms with Crippen LogP contribution in [-0.4, -0.2) is 42.2 Å². The molecule has 0 heterocycles. The Morgan fingerprint density at radius 2 is 1.12 bits per heavy atom. The van der Waals surface area contributed by atoms with Gasteiger partial charge in [0.1, 0.15) is 6.33 Å². The summed E-state index contributed by atoms with van der Waals surface area (Å²) >= 11 is 4.19. The number of halogens is 15. The van der Waals surface area contributed by atoms with Gasteiger partial charge in [0.25, 0.3) is 6.17 Å².